The van der Waals surface area contributed by atoms with Crippen LogP contribution in [0.4, 0.5) is 5.69 Å². The van der Waals surface area contributed by atoms with E-state index < -0.39 is 58.0 Å². The maximum Gasteiger partial charge on any atom is 0.255 e. The lowest BCUT2D eigenvalue weighted by Crippen LogP contribution is -2.63. The maximum atomic E-state index is 14.1. The lowest BCUT2D eigenvalue weighted by atomic mass is 9.58. The minimum atomic E-state index is -2.66. The molecule has 0 saturated carbocycles. The summed E-state index contributed by atoms with van der Waals surface area (Å²) in [4.78, 5) is 43.2. The third kappa shape index (κ3) is 4.25. The van der Waals surface area contributed by atoms with Crippen molar-refractivity contribution in [1.29, 1.82) is 0 Å². The van der Waals surface area contributed by atoms with Gasteiger partial charge in [0.2, 0.25) is 5.78 Å². The van der Waals surface area contributed by atoms with Crippen LogP contribution >= 0.6 is 0 Å². The Bertz CT molecular complexity index is 1650. The topological polar surface area (TPSA) is 177 Å². The van der Waals surface area contributed by atoms with Gasteiger partial charge in [0, 0.05) is 43.9 Å². The van der Waals surface area contributed by atoms with Crippen LogP contribution < -0.4 is 16.0 Å². The molecule has 0 spiro atoms. The molecule has 7 N–H and O–H groups in total. The van der Waals surface area contributed by atoms with E-state index in [2.05, 4.69) is 17.4 Å². The number of hydrogen-bond acceptors (Lipinski definition) is 10. The molecule has 44 heavy (non-hydrogen) atoms. The highest BCUT2D eigenvalue weighted by atomic mass is 16.3. The molecule has 0 bridgehead atoms. The minimum absolute atomic E-state index is 0.00602. The summed E-state index contributed by atoms with van der Waals surface area (Å²) >= 11 is 0. The first-order chi connectivity index (χ1) is 20.8. The Morgan fingerprint density at radius 1 is 1.05 bits per heavy atom. The van der Waals surface area contributed by atoms with Gasteiger partial charge < -0.3 is 36.4 Å². The van der Waals surface area contributed by atoms with E-state index >= 15 is 0 Å². The average molecular weight is 603 g/mol. The quantitative estimate of drug-likeness (QED) is 0.265. The first-order valence-corrected chi connectivity index (χ1v) is 14.8. The number of primary amides is 1. The van der Waals surface area contributed by atoms with Crippen LogP contribution in [0.15, 0.2) is 53.0 Å². The van der Waals surface area contributed by atoms with Crippen molar-refractivity contribution < 1.29 is 34.8 Å². The number of carbonyl (C=O) groups is 3. The predicted octanol–water partition coefficient (Wildman–Crippen LogP) is 1.44. The van der Waals surface area contributed by atoms with Gasteiger partial charge in [0.15, 0.2) is 11.4 Å². The fourth-order valence-electron chi connectivity index (χ4n) is 8.02. The maximum absolute atomic E-state index is 14.1. The van der Waals surface area contributed by atoms with Gasteiger partial charge in [0.1, 0.15) is 22.8 Å². The number of anilines is 1. The number of hydrogen-bond donors (Lipinski definition) is 6. The molecule has 0 saturated heterocycles. The summed E-state index contributed by atoms with van der Waals surface area (Å²) in [6, 6.07) is 9.09. The highest BCUT2D eigenvalue weighted by Crippen LogP contribution is 2.53. The monoisotopic (exact) mass is 602 g/mol. The van der Waals surface area contributed by atoms with Crippen molar-refractivity contribution in [3.8, 4) is 5.75 Å². The van der Waals surface area contributed by atoms with Crippen molar-refractivity contribution >= 4 is 23.2 Å². The van der Waals surface area contributed by atoms with Gasteiger partial charge in [-0.25, -0.2) is 0 Å². The number of phenolic OH excluding ortho intramolecular Hbond substituents is 1. The Hall–Kier alpha value is -4.19. The third-order valence-corrected chi connectivity index (χ3v) is 9.85. The van der Waals surface area contributed by atoms with E-state index in [1.807, 2.05) is 31.1 Å². The molecule has 6 rings (SSSR count). The number of phenols is 1. The molecule has 0 heterocycles. The largest absolute Gasteiger partial charge is 0.510 e. The first kappa shape index (κ1) is 29.9. The summed E-state index contributed by atoms with van der Waals surface area (Å²) in [7, 11) is 6.95. The molecule has 0 radical (unpaired) electrons. The average Bonchev–Trinajstić information content (AvgIpc) is 3.36. The number of rotatable bonds is 6. The number of amides is 1. The Morgan fingerprint density at radius 2 is 1.68 bits per heavy atom. The number of nitrogens with one attached hydrogen (secondary N) is 1. The van der Waals surface area contributed by atoms with E-state index in [-0.39, 0.29) is 35.8 Å². The van der Waals surface area contributed by atoms with Crippen molar-refractivity contribution in [1.82, 2.24) is 10.2 Å². The van der Waals surface area contributed by atoms with Crippen LogP contribution in [0.25, 0.3) is 0 Å². The van der Waals surface area contributed by atoms with Crippen LogP contribution in [0.2, 0.25) is 0 Å². The number of likely N-dealkylation sites (N-methyl/N-ethyl adjacent to an activating group) is 1. The van der Waals surface area contributed by atoms with E-state index in [1.54, 1.807) is 25.1 Å². The Balaban J connectivity index is 1.41. The second kappa shape index (κ2) is 10.5. The summed E-state index contributed by atoms with van der Waals surface area (Å²) in [5.41, 5.74) is 6.59. The van der Waals surface area contributed by atoms with Gasteiger partial charge in [0.05, 0.1) is 11.6 Å². The molecule has 4 aliphatic carbocycles. The molecule has 4 aliphatic rings. The number of nitrogens with zero attached hydrogens (tertiary/aromatic N) is 2. The zero-order valence-electron chi connectivity index (χ0n) is 25.2. The second-order valence-electron chi connectivity index (χ2n) is 12.9. The Kier molecular flexibility index (Phi) is 7.10. The van der Waals surface area contributed by atoms with E-state index in [4.69, 9.17) is 5.73 Å². The van der Waals surface area contributed by atoms with E-state index in [9.17, 15) is 34.8 Å². The summed E-state index contributed by atoms with van der Waals surface area (Å²) < 4.78 is 0. The van der Waals surface area contributed by atoms with Gasteiger partial charge >= 0.3 is 0 Å². The first-order valence-electron chi connectivity index (χ1n) is 14.8. The Morgan fingerprint density at radius 3 is 2.25 bits per heavy atom. The molecule has 4 atom stereocenters. The lowest BCUT2D eigenvalue weighted by Gasteiger charge is -2.50. The number of fused-ring (bicyclic) bond motifs is 4. The van der Waals surface area contributed by atoms with Gasteiger partial charge in [-0.05, 0) is 74.0 Å². The van der Waals surface area contributed by atoms with Gasteiger partial charge in [0.25, 0.3) is 5.91 Å². The van der Waals surface area contributed by atoms with E-state index in [0.29, 0.717) is 12.1 Å². The smallest absolute Gasteiger partial charge is 0.255 e. The van der Waals surface area contributed by atoms with Crippen LogP contribution in [0.5, 0.6) is 5.75 Å². The van der Waals surface area contributed by atoms with Gasteiger partial charge in [-0.1, -0.05) is 24.3 Å². The van der Waals surface area contributed by atoms with Crippen LogP contribution in [-0.2, 0) is 35.4 Å². The summed E-state index contributed by atoms with van der Waals surface area (Å²) in [6.45, 7) is 0.452. The Labute approximate surface area is 255 Å². The van der Waals surface area contributed by atoms with E-state index in [1.165, 1.54) is 11.1 Å². The number of Topliss-reactive ketones (excluding diaryl/α,β-unsaturated/α-hetero) is 2. The molecule has 0 aromatic heterocycles. The zero-order chi connectivity index (χ0) is 31.8. The summed E-state index contributed by atoms with van der Waals surface area (Å²) in [6.07, 6.45) is 2.07. The highest BCUT2D eigenvalue weighted by molar-refractivity contribution is 6.24. The number of aliphatic hydroxyl groups is 3. The number of allylic oxidation sites excluding steroid dienone is 1. The lowest BCUT2D eigenvalue weighted by molar-refractivity contribution is -0.148. The predicted molar refractivity (Wildman–Crippen MR) is 162 cm³/mol. The number of aliphatic hydroxyl groups excluding tert-OH is 2. The molecule has 0 unspecified atom stereocenters. The molecular weight excluding hydrogens is 564 g/mol. The molecule has 2 aromatic rings. The standard InChI is InChI=1S/C33H38N4O7/c1-36(2)26-18(14-35-19-9-15-7-5-6-8-16(15)10-19)13-22(38)24-20(26)11-17-12-21-27(37(3)4)29(40)25(32(34)43)31(42)33(21,44)30(41)23(17)28(24)39/h5-8,13,17,19,21,27,35,38,40-41,44H,9-12,14H2,1-4H3,(H2,34,43)/t17-,21-,27-,33-/m0/s1. The van der Waals surface area contributed by atoms with Crippen LogP contribution in [-0.4, -0.2) is 88.7 Å². The number of aromatic hydroxyl groups is 1. The minimum Gasteiger partial charge on any atom is -0.510 e. The summed E-state index contributed by atoms with van der Waals surface area (Å²) in [5.74, 6) is -6.61. The molecule has 1 amide bonds. The normalized spacial score (nSPS) is 26.5. The number of benzene rings is 2. The van der Waals surface area contributed by atoms with E-state index in [0.717, 1.165) is 24.1 Å². The fourth-order valence-corrected chi connectivity index (χ4v) is 8.02. The molecule has 2 aromatic carbocycles. The molecule has 0 fully saturated rings. The molecule has 11 nitrogen and oxygen atoms in total. The molecule has 11 heteroatoms. The third-order valence-electron chi connectivity index (χ3n) is 9.85. The number of nitrogens with two attached hydrogens (primary N) is 1. The van der Waals surface area contributed by atoms with Crippen LogP contribution in [0.3, 0.4) is 0 Å². The van der Waals surface area contributed by atoms with Crippen molar-refractivity contribution in [2.75, 3.05) is 33.1 Å². The second-order valence-corrected chi connectivity index (χ2v) is 12.9. The molecular formula is C33H38N4O7. The highest BCUT2D eigenvalue weighted by Gasteiger charge is 2.63. The zero-order valence-corrected chi connectivity index (χ0v) is 25.2. The molecule has 0 aliphatic heterocycles. The van der Waals surface area contributed by atoms with Crippen molar-refractivity contribution in [3.05, 3.63) is 80.8 Å². The van der Waals surface area contributed by atoms with Crippen LogP contribution in [0.1, 0.15) is 39.0 Å². The summed E-state index contributed by atoms with van der Waals surface area (Å²) in [5, 5.41) is 49.2. The van der Waals surface area contributed by atoms with Gasteiger partial charge in [-0.3, -0.25) is 19.3 Å². The van der Waals surface area contributed by atoms with Crippen molar-refractivity contribution in [3.63, 3.8) is 0 Å². The van der Waals surface area contributed by atoms with Crippen LogP contribution in [0, 0.1) is 11.8 Å². The number of carbonyl (C=O) groups excluding carboxylic acids is 3. The van der Waals surface area contributed by atoms with Crippen molar-refractivity contribution in [2.45, 2.75) is 49.9 Å². The van der Waals surface area contributed by atoms with Crippen molar-refractivity contribution in [2.24, 2.45) is 17.6 Å². The number of ketones is 2. The SMILES string of the molecule is CN(C)c1c(CNC2Cc3ccccc3C2)cc(O)c2c1C[C@H]1C[C@H]3[C@H](N(C)C)C(O)=C(C(N)=O)C(=O)[C@@]3(O)C(O)=C1C2=O. The fraction of sp³-hybridized carbons (Fsp3) is 0.424. The van der Waals surface area contributed by atoms with Gasteiger partial charge in [-0.15, -0.1) is 0 Å². The molecule has 232 valence electrons. The van der Waals surface area contributed by atoms with Gasteiger partial charge in [-0.2, -0.15) is 0 Å².